The van der Waals surface area contributed by atoms with Crippen LogP contribution in [-0.2, 0) is 32.5 Å². The summed E-state index contributed by atoms with van der Waals surface area (Å²) >= 11 is 0. The molecule has 0 fully saturated rings. The van der Waals surface area contributed by atoms with Gasteiger partial charge in [-0.05, 0) is 163 Å². The van der Waals surface area contributed by atoms with Crippen LogP contribution in [0.1, 0.15) is 162 Å². The van der Waals surface area contributed by atoms with Crippen LogP contribution in [0.5, 0.6) is 0 Å². The first-order valence-corrected chi connectivity index (χ1v) is 23.1. The number of fused-ring (bicyclic) bond motifs is 8. The first-order chi connectivity index (χ1) is 28.4. The summed E-state index contributed by atoms with van der Waals surface area (Å²) in [5.74, 6) is 0. The highest BCUT2D eigenvalue weighted by molar-refractivity contribution is 7.00. The van der Waals surface area contributed by atoms with Crippen molar-refractivity contribution in [2.24, 2.45) is 0 Å². The van der Waals surface area contributed by atoms with Gasteiger partial charge in [-0.15, -0.1) is 0 Å². The quantitative estimate of drug-likeness (QED) is 0.162. The van der Waals surface area contributed by atoms with Gasteiger partial charge in [0.25, 0.3) is 6.71 Å². The topological polar surface area (TPSA) is 19.6 Å². The standard InChI is InChI=1S/C57H67BN2O/c1-34-29-35(52(2,3)4)19-23-44(34)60-45-24-20-36(53(5,6)7)30-43(45)58-49-46(17-16-18-47(49)60)59(37-21-22-39-40(31-37)55(10,11)26-25-54(39,8)9)50-38-32-41-42(33-48(38)61-51(50)58)57(14,15)28-27-56(41,12)13/h16-24,29-33H,25-28H2,1-15H3. The van der Waals surface area contributed by atoms with Gasteiger partial charge in [0.1, 0.15) is 5.58 Å². The molecule has 6 aromatic rings. The molecule has 61 heavy (non-hydrogen) atoms. The van der Waals surface area contributed by atoms with Crippen molar-refractivity contribution in [3.8, 4) is 0 Å². The van der Waals surface area contributed by atoms with Crippen LogP contribution in [0.15, 0.2) is 89.3 Å². The highest BCUT2D eigenvalue weighted by Crippen LogP contribution is 2.53. The predicted molar refractivity (Wildman–Crippen MR) is 263 cm³/mol. The Morgan fingerprint density at radius 3 is 1.64 bits per heavy atom. The summed E-state index contributed by atoms with van der Waals surface area (Å²) in [4.78, 5) is 5.17. The van der Waals surface area contributed by atoms with Crippen LogP contribution in [0.2, 0.25) is 0 Å². The number of furan rings is 1. The number of aryl methyl sites for hydroxylation is 1. The van der Waals surface area contributed by atoms with Gasteiger partial charge in [-0.25, -0.2) is 0 Å². The molecule has 0 N–H and O–H groups in total. The van der Waals surface area contributed by atoms with Gasteiger partial charge in [-0.1, -0.05) is 133 Å². The zero-order valence-electron chi connectivity index (χ0n) is 39.8. The molecule has 0 amide bonds. The van der Waals surface area contributed by atoms with Crippen LogP contribution < -0.4 is 26.4 Å². The fourth-order valence-corrected chi connectivity index (χ4v) is 11.6. The molecule has 0 saturated carbocycles. The minimum atomic E-state index is -0.0846. The molecule has 2 aliphatic heterocycles. The first kappa shape index (κ1) is 40.4. The average molecular weight is 807 g/mol. The van der Waals surface area contributed by atoms with Gasteiger partial charge in [-0.2, -0.15) is 0 Å². The van der Waals surface area contributed by atoms with Crippen LogP contribution in [0, 0.1) is 6.92 Å². The molecular weight excluding hydrogens is 739 g/mol. The SMILES string of the molecule is Cc1cc(C(C)(C)C)ccc1N1c2ccc(C(C)(C)C)cc2B2c3oc4cc5c(cc4c3N(c3ccc4c(c3)C(C)(C)CCC4(C)C)c3cccc1c32)C(C)(C)CCC5(C)C. The second kappa shape index (κ2) is 12.7. The van der Waals surface area contributed by atoms with E-state index >= 15 is 0 Å². The maximum Gasteiger partial charge on any atom is 0.297 e. The van der Waals surface area contributed by atoms with Crippen molar-refractivity contribution < 1.29 is 4.42 Å². The Morgan fingerprint density at radius 1 is 0.525 bits per heavy atom. The lowest BCUT2D eigenvalue weighted by Crippen LogP contribution is -2.61. The van der Waals surface area contributed by atoms with E-state index in [2.05, 4.69) is 199 Å². The molecule has 0 spiro atoms. The highest BCUT2D eigenvalue weighted by Gasteiger charge is 2.48. The predicted octanol–water partition coefficient (Wildman–Crippen LogP) is 14.1. The van der Waals surface area contributed by atoms with Gasteiger partial charge in [-0.3, -0.25) is 0 Å². The number of rotatable bonds is 2. The molecule has 2 aliphatic carbocycles. The normalized spacial score (nSPS) is 19.2. The van der Waals surface area contributed by atoms with Gasteiger partial charge in [0.15, 0.2) is 0 Å². The third kappa shape index (κ3) is 5.97. The smallest absolute Gasteiger partial charge is 0.297 e. The summed E-state index contributed by atoms with van der Waals surface area (Å²) in [6.45, 7) is 35.7. The van der Waals surface area contributed by atoms with E-state index in [0.29, 0.717) is 0 Å². The Hall–Kier alpha value is -4.70. The zero-order valence-corrected chi connectivity index (χ0v) is 39.8. The van der Waals surface area contributed by atoms with Gasteiger partial charge >= 0.3 is 0 Å². The lowest BCUT2D eigenvalue weighted by atomic mass is 9.35. The van der Waals surface area contributed by atoms with Crippen molar-refractivity contribution >= 4 is 68.4 Å². The Labute approximate surface area is 367 Å². The second-order valence-electron chi connectivity index (χ2n) is 24.1. The fourth-order valence-electron chi connectivity index (χ4n) is 11.6. The molecule has 3 heterocycles. The molecule has 0 radical (unpaired) electrons. The molecule has 0 atom stereocenters. The summed E-state index contributed by atoms with van der Waals surface area (Å²) in [7, 11) is 0. The van der Waals surface area contributed by atoms with E-state index in [1.807, 2.05) is 0 Å². The fraction of sp³-hybridized carbons (Fsp3) is 0.439. The molecule has 3 nitrogen and oxygen atoms in total. The van der Waals surface area contributed by atoms with Crippen LogP contribution >= 0.6 is 0 Å². The minimum Gasteiger partial charge on any atom is -0.468 e. The highest BCUT2D eigenvalue weighted by atomic mass is 16.3. The second-order valence-corrected chi connectivity index (χ2v) is 24.1. The van der Waals surface area contributed by atoms with E-state index in [-0.39, 0.29) is 39.2 Å². The summed E-state index contributed by atoms with van der Waals surface area (Å²) < 4.78 is 7.55. The molecule has 0 bridgehead atoms. The van der Waals surface area contributed by atoms with Gasteiger partial charge in [0.2, 0.25) is 0 Å². The third-order valence-corrected chi connectivity index (χ3v) is 15.8. The molecular formula is C57H67BN2O. The minimum absolute atomic E-state index is 0.0265. The maximum absolute atomic E-state index is 7.55. The monoisotopic (exact) mass is 807 g/mol. The van der Waals surface area contributed by atoms with Crippen molar-refractivity contribution in [1.82, 2.24) is 0 Å². The first-order valence-electron chi connectivity index (χ1n) is 23.1. The number of hydrogen-bond acceptors (Lipinski definition) is 3. The van der Waals surface area contributed by atoms with E-state index in [4.69, 9.17) is 4.42 Å². The lowest BCUT2D eigenvalue weighted by Gasteiger charge is -2.45. The van der Waals surface area contributed by atoms with Crippen molar-refractivity contribution in [2.45, 2.75) is 162 Å². The van der Waals surface area contributed by atoms with Gasteiger partial charge in [0.05, 0.1) is 11.3 Å². The van der Waals surface area contributed by atoms with Gasteiger partial charge < -0.3 is 14.2 Å². The van der Waals surface area contributed by atoms with Crippen molar-refractivity contribution in [1.29, 1.82) is 0 Å². The van der Waals surface area contributed by atoms with E-state index in [1.54, 1.807) is 0 Å². The summed E-state index contributed by atoms with van der Waals surface area (Å²) in [6.07, 6.45) is 4.70. The lowest BCUT2D eigenvalue weighted by molar-refractivity contribution is 0.332. The number of anilines is 6. The van der Waals surface area contributed by atoms with Crippen LogP contribution in [0.3, 0.4) is 0 Å². The Morgan fingerprint density at radius 2 is 1.05 bits per heavy atom. The van der Waals surface area contributed by atoms with Crippen molar-refractivity contribution in [3.63, 3.8) is 0 Å². The number of nitrogens with zero attached hydrogens (tertiary/aromatic N) is 2. The van der Waals surface area contributed by atoms with E-state index in [9.17, 15) is 0 Å². The van der Waals surface area contributed by atoms with Crippen LogP contribution in [-0.4, -0.2) is 6.71 Å². The average Bonchev–Trinajstić information content (AvgIpc) is 3.55. The summed E-state index contributed by atoms with van der Waals surface area (Å²) in [5.41, 5.74) is 22.2. The molecule has 0 unspecified atom stereocenters. The molecule has 4 aliphatic rings. The number of benzene rings is 5. The molecule has 314 valence electrons. The molecule has 4 heteroatoms. The Balaban J connectivity index is 1.32. The van der Waals surface area contributed by atoms with E-state index in [0.717, 1.165) is 11.2 Å². The van der Waals surface area contributed by atoms with Crippen LogP contribution in [0.25, 0.3) is 11.0 Å². The Bertz CT molecular complexity index is 2820. The zero-order chi connectivity index (χ0) is 43.6. The number of hydrogen-bond donors (Lipinski definition) is 0. The summed E-state index contributed by atoms with van der Waals surface area (Å²) in [5, 5.41) is 1.22. The van der Waals surface area contributed by atoms with Crippen molar-refractivity contribution in [2.75, 3.05) is 9.80 Å². The van der Waals surface area contributed by atoms with E-state index < -0.39 is 0 Å². The van der Waals surface area contributed by atoms with E-state index in [1.165, 1.54) is 115 Å². The molecule has 0 saturated heterocycles. The molecule has 1 aromatic heterocycles. The maximum atomic E-state index is 7.55. The third-order valence-electron chi connectivity index (χ3n) is 15.8. The van der Waals surface area contributed by atoms with Crippen LogP contribution in [0.4, 0.5) is 34.1 Å². The summed E-state index contributed by atoms with van der Waals surface area (Å²) in [6, 6.07) is 33.8. The molecule has 5 aromatic carbocycles. The molecule has 10 rings (SSSR count). The van der Waals surface area contributed by atoms with Crippen molar-refractivity contribution in [3.05, 3.63) is 124 Å². The Kier molecular flexibility index (Phi) is 8.41. The van der Waals surface area contributed by atoms with Gasteiger partial charge in [0, 0.05) is 33.8 Å². The largest absolute Gasteiger partial charge is 0.468 e.